The predicted molar refractivity (Wildman–Crippen MR) is 128 cm³/mol. The average molecular weight is 488 g/mol. The molecule has 172 valence electrons. The summed E-state index contributed by atoms with van der Waals surface area (Å²) in [5.41, 5.74) is 2.12. The summed E-state index contributed by atoms with van der Waals surface area (Å²) in [4.78, 5) is 22.6. The molecule has 0 bridgehead atoms. The van der Waals surface area contributed by atoms with Gasteiger partial charge in [-0.2, -0.15) is 0 Å². The summed E-state index contributed by atoms with van der Waals surface area (Å²) in [6.45, 7) is 4.24. The zero-order chi connectivity index (χ0) is 23.7. The molecule has 1 fully saturated rings. The number of carbonyl (C=O) groups excluding carboxylic acids is 1. The number of ether oxygens (including phenoxy) is 2. The lowest BCUT2D eigenvalue weighted by molar-refractivity contribution is -0.125. The number of aliphatic hydroxyl groups excluding tert-OH is 1. The van der Waals surface area contributed by atoms with Crippen LogP contribution in [-0.4, -0.2) is 59.3 Å². The van der Waals surface area contributed by atoms with Gasteiger partial charge in [-0.15, -0.1) is 0 Å². The van der Waals surface area contributed by atoms with E-state index >= 15 is 0 Å². The van der Waals surface area contributed by atoms with Crippen LogP contribution >= 0.6 is 23.2 Å². The molecule has 1 aliphatic heterocycles. The van der Waals surface area contributed by atoms with Crippen LogP contribution < -0.4 is 9.47 Å². The summed E-state index contributed by atoms with van der Waals surface area (Å²) >= 11 is 13.1. The summed E-state index contributed by atoms with van der Waals surface area (Å²) in [5.74, 6) is 1.20. The Hall–Kier alpha value is -2.87. The molecule has 1 aliphatic rings. The first kappa shape index (κ1) is 23.3. The van der Waals surface area contributed by atoms with Gasteiger partial charge in [-0.25, -0.2) is 9.97 Å². The van der Waals surface area contributed by atoms with Gasteiger partial charge in [0.25, 0.3) is 0 Å². The molecule has 1 amide bonds. The third kappa shape index (κ3) is 4.49. The SMILES string of the molecule is C=CC(=O)N1C[C@@H](Cc2ncc3cc(-c4c(Cl)c(OC)cc(OC)c4Cl)ccc3n2)[C@@H](O)C1. The largest absolute Gasteiger partial charge is 0.495 e. The van der Waals surface area contributed by atoms with Crippen molar-refractivity contribution in [1.29, 1.82) is 0 Å². The molecular weight excluding hydrogens is 465 g/mol. The third-order valence-electron chi connectivity index (χ3n) is 5.83. The minimum absolute atomic E-state index is 0.132. The molecular formula is C24H23Cl2N3O4. The molecule has 0 unspecified atom stereocenters. The standard InChI is InChI=1S/C24H23Cl2N3O4/c1-4-21(31)29-11-15(17(30)12-29)8-20-27-10-14-7-13(5-6-16(14)28-20)22-23(25)18(32-2)9-19(33-3)24(22)26/h4-7,9-10,15,17,30H,1,8,11-12H2,2-3H3/t15-,17+/m1/s1. The number of hydrogen-bond donors (Lipinski definition) is 1. The highest BCUT2D eigenvalue weighted by Gasteiger charge is 2.33. The van der Waals surface area contributed by atoms with Crippen molar-refractivity contribution in [3.05, 3.63) is 59.0 Å². The maximum Gasteiger partial charge on any atom is 0.246 e. The van der Waals surface area contributed by atoms with E-state index in [4.69, 9.17) is 32.7 Å². The second-order valence-corrected chi connectivity index (χ2v) is 8.58. The van der Waals surface area contributed by atoms with E-state index in [0.29, 0.717) is 45.9 Å². The van der Waals surface area contributed by atoms with E-state index in [1.54, 1.807) is 17.2 Å². The number of β-amino-alcohol motifs (C(OH)–C–C–N with tert-alkyl or cyclic N) is 1. The maximum atomic E-state index is 11.8. The fraction of sp³-hybridized carbons (Fsp3) is 0.292. The molecule has 2 atom stereocenters. The van der Waals surface area contributed by atoms with E-state index in [1.165, 1.54) is 20.3 Å². The minimum atomic E-state index is -0.622. The van der Waals surface area contributed by atoms with Crippen LogP contribution in [0.2, 0.25) is 10.0 Å². The van der Waals surface area contributed by atoms with Crippen LogP contribution in [0.25, 0.3) is 22.0 Å². The monoisotopic (exact) mass is 487 g/mol. The second-order valence-electron chi connectivity index (χ2n) is 7.82. The Kier molecular flexibility index (Phi) is 6.74. The summed E-state index contributed by atoms with van der Waals surface area (Å²) < 4.78 is 10.7. The van der Waals surface area contributed by atoms with Gasteiger partial charge in [-0.05, 0) is 23.8 Å². The lowest BCUT2D eigenvalue weighted by Crippen LogP contribution is -2.27. The van der Waals surface area contributed by atoms with Crippen molar-refractivity contribution in [3.63, 3.8) is 0 Å². The molecule has 2 heterocycles. The number of fused-ring (bicyclic) bond motifs is 1. The summed E-state index contributed by atoms with van der Waals surface area (Å²) in [5, 5.41) is 11.9. The normalized spacial score (nSPS) is 17.9. The lowest BCUT2D eigenvalue weighted by atomic mass is 10.0. The Balaban J connectivity index is 1.63. The molecule has 1 saturated heterocycles. The zero-order valence-electron chi connectivity index (χ0n) is 18.2. The number of halogens is 2. The summed E-state index contributed by atoms with van der Waals surface area (Å²) in [6.07, 6.45) is 2.83. The maximum absolute atomic E-state index is 11.8. The van der Waals surface area contributed by atoms with Crippen molar-refractivity contribution in [2.24, 2.45) is 5.92 Å². The Morgan fingerprint density at radius 3 is 2.55 bits per heavy atom. The van der Waals surface area contributed by atoms with E-state index in [1.807, 2.05) is 18.2 Å². The van der Waals surface area contributed by atoms with Gasteiger partial charge in [0.05, 0.1) is 35.9 Å². The fourth-order valence-electron chi connectivity index (χ4n) is 4.06. The van der Waals surface area contributed by atoms with Crippen molar-refractivity contribution in [3.8, 4) is 22.6 Å². The van der Waals surface area contributed by atoms with Crippen LogP contribution in [0.3, 0.4) is 0 Å². The zero-order valence-corrected chi connectivity index (χ0v) is 19.7. The molecule has 1 aromatic heterocycles. The third-order valence-corrected chi connectivity index (χ3v) is 6.58. The van der Waals surface area contributed by atoms with E-state index in [0.717, 1.165) is 16.5 Å². The van der Waals surface area contributed by atoms with Crippen LogP contribution in [0.1, 0.15) is 5.82 Å². The smallest absolute Gasteiger partial charge is 0.246 e. The van der Waals surface area contributed by atoms with E-state index < -0.39 is 6.10 Å². The molecule has 33 heavy (non-hydrogen) atoms. The van der Waals surface area contributed by atoms with E-state index in [9.17, 15) is 9.90 Å². The van der Waals surface area contributed by atoms with Crippen molar-refractivity contribution in [2.45, 2.75) is 12.5 Å². The first-order chi connectivity index (χ1) is 15.9. The number of rotatable bonds is 6. The molecule has 3 aromatic rings. The van der Waals surface area contributed by atoms with Crippen LogP contribution in [-0.2, 0) is 11.2 Å². The number of nitrogens with zero attached hydrogens (tertiary/aromatic N) is 3. The van der Waals surface area contributed by atoms with Crippen molar-refractivity contribution >= 4 is 40.0 Å². The highest BCUT2D eigenvalue weighted by atomic mass is 35.5. The molecule has 9 heteroatoms. The number of aromatic nitrogens is 2. The van der Waals surface area contributed by atoms with Gasteiger partial charge in [0, 0.05) is 48.6 Å². The number of likely N-dealkylation sites (tertiary alicyclic amines) is 1. The second kappa shape index (κ2) is 9.55. The molecule has 0 aliphatic carbocycles. The van der Waals surface area contributed by atoms with Gasteiger partial charge in [0.15, 0.2) is 0 Å². The highest BCUT2D eigenvalue weighted by molar-refractivity contribution is 6.41. The van der Waals surface area contributed by atoms with Gasteiger partial charge < -0.3 is 19.5 Å². The highest BCUT2D eigenvalue weighted by Crippen LogP contribution is 2.46. The van der Waals surface area contributed by atoms with Gasteiger partial charge in [0.2, 0.25) is 5.91 Å². The summed E-state index contributed by atoms with van der Waals surface area (Å²) in [7, 11) is 3.06. The number of amides is 1. The Bertz CT molecular complexity index is 1210. The number of methoxy groups -OCH3 is 2. The Morgan fingerprint density at radius 2 is 1.91 bits per heavy atom. The number of aliphatic hydroxyl groups is 1. The Morgan fingerprint density at radius 1 is 1.21 bits per heavy atom. The summed E-state index contributed by atoms with van der Waals surface area (Å²) in [6, 6.07) is 7.29. The van der Waals surface area contributed by atoms with Gasteiger partial charge >= 0.3 is 0 Å². The van der Waals surface area contributed by atoms with Crippen molar-refractivity contribution in [2.75, 3.05) is 27.3 Å². The predicted octanol–water partition coefficient (Wildman–Crippen LogP) is 4.17. The van der Waals surface area contributed by atoms with E-state index in [-0.39, 0.29) is 18.4 Å². The van der Waals surface area contributed by atoms with Gasteiger partial charge in [-0.3, -0.25) is 4.79 Å². The molecule has 7 nitrogen and oxygen atoms in total. The van der Waals surface area contributed by atoms with Crippen LogP contribution in [0.4, 0.5) is 0 Å². The molecule has 0 saturated carbocycles. The first-order valence-electron chi connectivity index (χ1n) is 10.3. The molecule has 2 aromatic carbocycles. The molecule has 4 rings (SSSR count). The van der Waals surface area contributed by atoms with Crippen molar-refractivity contribution in [1.82, 2.24) is 14.9 Å². The lowest BCUT2D eigenvalue weighted by Gasteiger charge is -2.15. The van der Waals surface area contributed by atoms with Gasteiger partial charge in [0.1, 0.15) is 17.3 Å². The Labute approximate surface area is 201 Å². The average Bonchev–Trinajstić information content (AvgIpc) is 3.18. The topological polar surface area (TPSA) is 84.8 Å². The minimum Gasteiger partial charge on any atom is -0.495 e. The quantitative estimate of drug-likeness (QED) is 0.525. The first-order valence-corrected chi connectivity index (χ1v) is 11.1. The fourth-order valence-corrected chi connectivity index (χ4v) is 4.78. The van der Waals surface area contributed by atoms with Crippen LogP contribution in [0.5, 0.6) is 11.5 Å². The van der Waals surface area contributed by atoms with E-state index in [2.05, 4.69) is 16.5 Å². The van der Waals surface area contributed by atoms with Crippen LogP contribution in [0.15, 0.2) is 43.1 Å². The van der Waals surface area contributed by atoms with Crippen LogP contribution in [0, 0.1) is 5.92 Å². The number of benzene rings is 2. The number of carbonyl (C=O) groups is 1. The molecule has 0 spiro atoms. The molecule has 1 N–H and O–H groups in total. The van der Waals surface area contributed by atoms with Gasteiger partial charge in [-0.1, -0.05) is 35.8 Å². The number of hydrogen-bond acceptors (Lipinski definition) is 6. The van der Waals surface area contributed by atoms with Crippen molar-refractivity contribution < 1.29 is 19.4 Å². The molecule has 0 radical (unpaired) electrons.